The molecule has 39 heavy (non-hydrogen) atoms. The van der Waals surface area contributed by atoms with E-state index in [9.17, 15) is 13.2 Å². The Morgan fingerprint density at radius 3 is 2.28 bits per heavy atom. The molecule has 2 aliphatic rings. The van der Waals surface area contributed by atoms with Crippen molar-refractivity contribution >= 4 is 15.8 Å². The zero-order chi connectivity index (χ0) is 27.6. The maximum atomic E-state index is 14.5. The molecule has 4 atom stereocenters. The number of carbonyl (C=O) groups excluding carboxylic acids is 1. The van der Waals surface area contributed by atoms with Crippen molar-refractivity contribution in [1.82, 2.24) is 0 Å². The van der Waals surface area contributed by atoms with Gasteiger partial charge in [-0.3, -0.25) is 4.79 Å². The molecule has 1 fully saturated rings. The maximum absolute atomic E-state index is 14.5. The van der Waals surface area contributed by atoms with Gasteiger partial charge < -0.3 is 23.7 Å². The van der Waals surface area contributed by atoms with Crippen molar-refractivity contribution < 1.29 is 36.9 Å². The fourth-order valence-electron chi connectivity index (χ4n) is 5.42. The first kappa shape index (κ1) is 27.2. The second kappa shape index (κ2) is 11.0. The Bertz CT molecular complexity index is 1410. The van der Waals surface area contributed by atoms with Crippen molar-refractivity contribution in [3.05, 3.63) is 90.0 Å². The number of hydrogen-bond donors (Lipinski definition) is 0. The highest BCUT2D eigenvalue weighted by atomic mass is 32.2. The molecule has 1 saturated heterocycles. The lowest BCUT2D eigenvalue weighted by atomic mass is 9.79. The Kier molecular flexibility index (Phi) is 7.66. The van der Waals surface area contributed by atoms with Crippen LogP contribution in [0.1, 0.15) is 30.2 Å². The minimum atomic E-state index is -4.06. The summed E-state index contributed by atoms with van der Waals surface area (Å²) in [7, 11) is -2.75. The number of rotatable bonds is 9. The van der Waals surface area contributed by atoms with Crippen LogP contribution in [0.25, 0.3) is 0 Å². The summed E-state index contributed by atoms with van der Waals surface area (Å²) >= 11 is 0. The van der Waals surface area contributed by atoms with E-state index in [0.717, 1.165) is 5.56 Å². The van der Waals surface area contributed by atoms with Gasteiger partial charge in [0.15, 0.2) is 27.1 Å². The fourth-order valence-corrected chi connectivity index (χ4v) is 7.53. The molecule has 0 aliphatic carbocycles. The molecular weight excluding hydrogens is 520 g/mol. The van der Waals surface area contributed by atoms with E-state index in [4.69, 9.17) is 23.7 Å². The fraction of sp³-hybridized carbons (Fsp3) is 0.367. The molecular formula is C30H32O8S. The van der Waals surface area contributed by atoms with Crippen LogP contribution in [0.4, 0.5) is 0 Å². The van der Waals surface area contributed by atoms with Gasteiger partial charge in [-0.25, -0.2) is 8.42 Å². The lowest BCUT2D eigenvalue weighted by Crippen LogP contribution is -2.43. The molecule has 206 valence electrons. The number of hydrogen-bond acceptors (Lipinski definition) is 8. The third-order valence-corrected chi connectivity index (χ3v) is 9.39. The summed E-state index contributed by atoms with van der Waals surface area (Å²) in [5.41, 5.74) is 1.33. The van der Waals surface area contributed by atoms with Gasteiger partial charge in [0.25, 0.3) is 0 Å². The molecule has 0 bridgehead atoms. The average Bonchev–Trinajstić information content (AvgIpc) is 3.56. The average molecular weight is 553 g/mol. The molecule has 9 heteroatoms. The molecule has 0 aromatic heterocycles. The van der Waals surface area contributed by atoms with Crippen molar-refractivity contribution in [2.24, 2.45) is 11.8 Å². The topological polar surface area (TPSA) is 97.4 Å². The van der Waals surface area contributed by atoms with Gasteiger partial charge in [-0.1, -0.05) is 54.6 Å². The number of esters is 1. The van der Waals surface area contributed by atoms with Crippen molar-refractivity contribution in [3.8, 4) is 11.5 Å². The van der Waals surface area contributed by atoms with Crippen LogP contribution < -0.4 is 9.47 Å². The zero-order valence-corrected chi connectivity index (χ0v) is 22.9. The third kappa shape index (κ3) is 5.66. The second-order valence-corrected chi connectivity index (χ2v) is 12.2. The minimum absolute atomic E-state index is 0.0465. The first-order chi connectivity index (χ1) is 18.7. The van der Waals surface area contributed by atoms with Gasteiger partial charge in [0.1, 0.15) is 0 Å². The molecule has 0 saturated carbocycles. The molecule has 8 nitrogen and oxygen atoms in total. The number of ether oxygens (including phenoxy) is 5. The van der Waals surface area contributed by atoms with Crippen LogP contribution in [-0.2, 0) is 35.3 Å². The van der Waals surface area contributed by atoms with Gasteiger partial charge in [-0.2, -0.15) is 0 Å². The van der Waals surface area contributed by atoms with Gasteiger partial charge in [0.05, 0.1) is 35.9 Å². The number of benzene rings is 3. The minimum Gasteiger partial charge on any atom is -0.469 e. The van der Waals surface area contributed by atoms with E-state index < -0.39 is 44.8 Å². The standard InChI is InChI=1S/C30H32O8S/c1-30(2)37-18-26(38-30)27(23(29(31)34-3)16-20-10-6-4-7-11-20)28(39(32,33)22-12-8-5-9-13-22)21-14-15-24-25(17-21)36-19-35-24/h4-15,17,23,26-28H,16,18-19H2,1-3H3/t23-,26+,27+,28+/m0/s1. The van der Waals surface area contributed by atoms with Crippen LogP contribution in [-0.4, -0.2) is 46.8 Å². The van der Waals surface area contributed by atoms with Gasteiger partial charge in [0, 0.05) is 5.92 Å². The van der Waals surface area contributed by atoms with Gasteiger partial charge in [0.2, 0.25) is 6.79 Å². The summed E-state index contributed by atoms with van der Waals surface area (Å²) in [5.74, 6) is -2.24. The van der Waals surface area contributed by atoms with E-state index in [2.05, 4.69) is 0 Å². The highest BCUT2D eigenvalue weighted by Crippen LogP contribution is 2.47. The van der Waals surface area contributed by atoms with Gasteiger partial charge in [-0.05, 0) is 55.7 Å². The smallest absolute Gasteiger partial charge is 0.309 e. The Labute approximate surface area is 228 Å². The van der Waals surface area contributed by atoms with Crippen molar-refractivity contribution in [2.75, 3.05) is 20.5 Å². The highest BCUT2D eigenvalue weighted by molar-refractivity contribution is 7.91. The van der Waals surface area contributed by atoms with Crippen LogP contribution in [0.15, 0.2) is 83.8 Å². The molecule has 3 aromatic rings. The summed E-state index contributed by atoms with van der Waals surface area (Å²) in [5, 5.41) is -1.19. The molecule has 2 heterocycles. The van der Waals surface area contributed by atoms with Crippen molar-refractivity contribution in [2.45, 2.75) is 42.3 Å². The lowest BCUT2D eigenvalue weighted by molar-refractivity contribution is -0.159. The monoisotopic (exact) mass is 552 g/mol. The molecule has 0 radical (unpaired) electrons. The Hall–Kier alpha value is -3.40. The quantitative estimate of drug-likeness (QED) is 0.352. The van der Waals surface area contributed by atoms with Gasteiger partial charge >= 0.3 is 5.97 Å². The van der Waals surface area contributed by atoms with Crippen LogP contribution in [0.5, 0.6) is 11.5 Å². The molecule has 2 aliphatic heterocycles. The van der Waals surface area contributed by atoms with E-state index in [1.807, 2.05) is 30.3 Å². The predicted molar refractivity (Wildman–Crippen MR) is 143 cm³/mol. The number of sulfone groups is 1. The van der Waals surface area contributed by atoms with Crippen molar-refractivity contribution in [1.29, 1.82) is 0 Å². The third-order valence-electron chi connectivity index (χ3n) is 7.21. The predicted octanol–water partition coefficient (Wildman–Crippen LogP) is 4.73. The van der Waals surface area contributed by atoms with Crippen LogP contribution in [0.2, 0.25) is 0 Å². The molecule has 5 rings (SSSR count). The number of fused-ring (bicyclic) bond motifs is 1. The van der Waals surface area contributed by atoms with E-state index in [-0.39, 0.29) is 24.7 Å². The summed E-state index contributed by atoms with van der Waals surface area (Å²) in [4.78, 5) is 13.6. The Morgan fingerprint density at radius 1 is 0.974 bits per heavy atom. The van der Waals surface area contributed by atoms with Crippen LogP contribution >= 0.6 is 0 Å². The zero-order valence-electron chi connectivity index (χ0n) is 22.1. The molecule has 0 spiro atoms. The summed E-state index contributed by atoms with van der Waals surface area (Å²) < 4.78 is 57.7. The van der Waals surface area contributed by atoms with Crippen LogP contribution in [0.3, 0.4) is 0 Å². The number of carbonyl (C=O) groups is 1. The Balaban J connectivity index is 1.71. The largest absolute Gasteiger partial charge is 0.469 e. The van der Waals surface area contributed by atoms with Gasteiger partial charge in [-0.15, -0.1) is 0 Å². The molecule has 0 N–H and O–H groups in total. The second-order valence-electron chi connectivity index (χ2n) is 10.2. The maximum Gasteiger partial charge on any atom is 0.309 e. The molecule has 3 aromatic carbocycles. The summed E-state index contributed by atoms with van der Waals surface area (Å²) in [6.07, 6.45) is -0.467. The summed E-state index contributed by atoms with van der Waals surface area (Å²) in [6, 6.07) is 22.8. The molecule has 0 amide bonds. The first-order valence-corrected chi connectivity index (χ1v) is 14.4. The Morgan fingerprint density at radius 2 is 1.64 bits per heavy atom. The van der Waals surface area contributed by atoms with E-state index in [0.29, 0.717) is 17.1 Å². The lowest BCUT2D eigenvalue weighted by Gasteiger charge is -2.36. The van der Waals surface area contributed by atoms with E-state index in [1.54, 1.807) is 62.4 Å². The van der Waals surface area contributed by atoms with Crippen LogP contribution in [0, 0.1) is 11.8 Å². The summed E-state index contributed by atoms with van der Waals surface area (Å²) in [6.45, 7) is 3.71. The SMILES string of the molecule is COC(=O)[C@@H](Cc1ccccc1)[C@@H]([C@@H](c1ccc2c(c1)OCO2)S(=O)(=O)c1ccccc1)[C@H]1COC(C)(C)O1. The van der Waals surface area contributed by atoms with Crippen molar-refractivity contribution in [3.63, 3.8) is 0 Å². The molecule has 0 unspecified atom stereocenters. The number of methoxy groups -OCH3 is 1. The van der Waals surface area contributed by atoms with E-state index in [1.165, 1.54) is 7.11 Å². The highest BCUT2D eigenvalue weighted by Gasteiger charge is 2.51. The van der Waals surface area contributed by atoms with E-state index >= 15 is 0 Å². The normalized spacial score (nSPS) is 20.2. The first-order valence-electron chi connectivity index (χ1n) is 12.8.